The lowest BCUT2D eigenvalue weighted by atomic mass is 10.2. The van der Waals surface area contributed by atoms with Gasteiger partial charge in [0.2, 0.25) is 0 Å². The standard InChI is InChI=1S/C7H2ClF4NO/c8-6-5(9)3(2-14)1-4(13-6)7(10,11)12/h1-2H. The van der Waals surface area contributed by atoms with Crippen LogP contribution in [0, 0.1) is 5.82 Å². The predicted octanol–water partition coefficient (Wildman–Crippen LogP) is 2.71. The molecule has 1 heterocycles. The zero-order valence-electron chi connectivity index (χ0n) is 6.40. The number of aldehydes is 1. The average Bonchev–Trinajstić information content (AvgIpc) is 2.07. The van der Waals surface area contributed by atoms with Crippen molar-refractivity contribution in [3.63, 3.8) is 0 Å². The van der Waals surface area contributed by atoms with Gasteiger partial charge in [-0.25, -0.2) is 9.37 Å². The third kappa shape index (κ3) is 2.01. The maximum Gasteiger partial charge on any atom is 0.433 e. The monoisotopic (exact) mass is 227 g/mol. The minimum Gasteiger partial charge on any atom is -0.298 e. The number of aromatic nitrogens is 1. The zero-order valence-corrected chi connectivity index (χ0v) is 7.16. The fourth-order valence-electron chi connectivity index (χ4n) is 0.748. The van der Waals surface area contributed by atoms with Gasteiger partial charge in [0.15, 0.2) is 17.3 Å². The number of carbonyl (C=O) groups excluding carboxylic acids is 1. The highest BCUT2D eigenvalue weighted by molar-refractivity contribution is 6.29. The Kier molecular flexibility index (Phi) is 2.75. The van der Waals surface area contributed by atoms with E-state index < -0.39 is 28.4 Å². The fourth-order valence-corrected chi connectivity index (χ4v) is 0.948. The lowest BCUT2D eigenvalue weighted by molar-refractivity contribution is -0.141. The van der Waals surface area contributed by atoms with E-state index in [1.807, 2.05) is 0 Å². The summed E-state index contributed by atoms with van der Waals surface area (Å²) >= 11 is 5.06. The van der Waals surface area contributed by atoms with Crippen LogP contribution >= 0.6 is 11.6 Å². The largest absolute Gasteiger partial charge is 0.433 e. The molecule has 0 saturated heterocycles. The lowest BCUT2D eigenvalue weighted by Crippen LogP contribution is -2.10. The minimum atomic E-state index is -4.75. The second kappa shape index (κ2) is 3.53. The van der Waals surface area contributed by atoms with E-state index in [1.165, 1.54) is 0 Å². The van der Waals surface area contributed by atoms with E-state index in [0.717, 1.165) is 0 Å². The molecule has 0 radical (unpaired) electrons. The van der Waals surface area contributed by atoms with Crippen molar-refractivity contribution in [2.75, 3.05) is 0 Å². The molecule has 0 atom stereocenters. The van der Waals surface area contributed by atoms with Crippen molar-refractivity contribution < 1.29 is 22.4 Å². The molecular weight excluding hydrogens is 226 g/mol. The summed E-state index contributed by atoms with van der Waals surface area (Å²) < 4.78 is 48.9. The second-order valence-corrected chi connectivity index (χ2v) is 2.68. The number of alkyl halides is 3. The van der Waals surface area contributed by atoms with Gasteiger partial charge in [-0.1, -0.05) is 11.6 Å². The van der Waals surface area contributed by atoms with Crippen molar-refractivity contribution >= 4 is 17.9 Å². The van der Waals surface area contributed by atoms with Crippen molar-refractivity contribution in [2.24, 2.45) is 0 Å². The van der Waals surface area contributed by atoms with Gasteiger partial charge >= 0.3 is 6.18 Å². The van der Waals surface area contributed by atoms with Crippen LogP contribution in [0.4, 0.5) is 17.6 Å². The summed E-state index contributed by atoms with van der Waals surface area (Å²) in [5.74, 6) is -1.25. The molecule has 0 unspecified atom stereocenters. The van der Waals surface area contributed by atoms with Gasteiger partial charge in [-0.2, -0.15) is 13.2 Å². The van der Waals surface area contributed by atoms with Gasteiger partial charge in [-0.05, 0) is 6.07 Å². The van der Waals surface area contributed by atoms with Gasteiger partial charge in [0.25, 0.3) is 0 Å². The van der Waals surface area contributed by atoms with E-state index in [4.69, 9.17) is 11.6 Å². The molecule has 1 aromatic heterocycles. The van der Waals surface area contributed by atoms with Crippen molar-refractivity contribution in [1.82, 2.24) is 4.98 Å². The first-order valence-electron chi connectivity index (χ1n) is 3.24. The van der Waals surface area contributed by atoms with Gasteiger partial charge in [-0.15, -0.1) is 0 Å². The highest BCUT2D eigenvalue weighted by atomic mass is 35.5. The molecule has 1 aromatic rings. The molecule has 0 N–H and O–H groups in total. The Morgan fingerprint density at radius 1 is 1.43 bits per heavy atom. The molecule has 0 spiro atoms. The first-order chi connectivity index (χ1) is 6.36. The third-order valence-corrected chi connectivity index (χ3v) is 1.61. The molecule has 0 aliphatic rings. The smallest absolute Gasteiger partial charge is 0.298 e. The number of hydrogen-bond acceptors (Lipinski definition) is 2. The Morgan fingerprint density at radius 3 is 2.43 bits per heavy atom. The molecule has 0 aliphatic carbocycles. The summed E-state index contributed by atoms with van der Waals surface area (Å²) in [6.07, 6.45) is -4.81. The first kappa shape index (κ1) is 10.9. The van der Waals surface area contributed by atoms with E-state index in [2.05, 4.69) is 4.98 Å². The quantitative estimate of drug-likeness (QED) is 0.419. The van der Waals surface area contributed by atoms with Crippen LogP contribution in [-0.4, -0.2) is 11.3 Å². The van der Waals surface area contributed by atoms with E-state index in [-0.39, 0.29) is 6.29 Å². The van der Waals surface area contributed by atoms with Crippen molar-refractivity contribution in [3.8, 4) is 0 Å². The summed E-state index contributed by atoms with van der Waals surface area (Å²) in [5.41, 5.74) is -2.16. The highest BCUT2D eigenvalue weighted by Crippen LogP contribution is 2.30. The molecule has 76 valence electrons. The summed E-state index contributed by atoms with van der Waals surface area (Å²) in [6.45, 7) is 0. The summed E-state index contributed by atoms with van der Waals surface area (Å²) in [4.78, 5) is 12.9. The number of pyridine rings is 1. The molecule has 14 heavy (non-hydrogen) atoms. The molecule has 1 rings (SSSR count). The van der Waals surface area contributed by atoms with Crippen LogP contribution in [0.1, 0.15) is 16.1 Å². The van der Waals surface area contributed by atoms with Gasteiger partial charge in [0.1, 0.15) is 5.69 Å². The molecule has 7 heteroatoms. The van der Waals surface area contributed by atoms with Crippen LogP contribution < -0.4 is 0 Å². The van der Waals surface area contributed by atoms with Gasteiger partial charge in [0.05, 0.1) is 5.56 Å². The second-order valence-electron chi connectivity index (χ2n) is 2.32. The van der Waals surface area contributed by atoms with E-state index in [9.17, 15) is 22.4 Å². The molecule has 0 aromatic carbocycles. The van der Waals surface area contributed by atoms with Crippen LogP contribution in [0.3, 0.4) is 0 Å². The molecule has 0 fully saturated rings. The number of nitrogens with zero attached hydrogens (tertiary/aromatic N) is 1. The SMILES string of the molecule is O=Cc1cc(C(F)(F)F)nc(Cl)c1F. The van der Waals surface area contributed by atoms with Crippen LogP contribution in [-0.2, 0) is 6.18 Å². The Balaban J connectivity index is 3.37. The zero-order chi connectivity index (χ0) is 10.9. The highest BCUT2D eigenvalue weighted by Gasteiger charge is 2.34. The van der Waals surface area contributed by atoms with Crippen LogP contribution in [0.5, 0.6) is 0 Å². The molecule has 0 bridgehead atoms. The van der Waals surface area contributed by atoms with Crippen molar-refractivity contribution in [2.45, 2.75) is 6.18 Å². The third-order valence-electron chi connectivity index (χ3n) is 1.36. The Bertz CT molecular complexity index is 377. The maximum absolute atomic E-state index is 12.8. The first-order valence-corrected chi connectivity index (χ1v) is 3.62. The van der Waals surface area contributed by atoms with Crippen LogP contribution in [0.15, 0.2) is 6.07 Å². The van der Waals surface area contributed by atoms with E-state index in [1.54, 1.807) is 0 Å². The van der Waals surface area contributed by atoms with E-state index >= 15 is 0 Å². The Labute approximate surface area is 80.5 Å². The van der Waals surface area contributed by atoms with Gasteiger partial charge in [0, 0.05) is 0 Å². The molecule has 0 aliphatic heterocycles. The molecular formula is C7H2ClF4NO. The van der Waals surface area contributed by atoms with Gasteiger partial charge < -0.3 is 0 Å². The molecule has 2 nitrogen and oxygen atoms in total. The normalized spacial score (nSPS) is 11.5. The lowest BCUT2D eigenvalue weighted by Gasteiger charge is -2.06. The molecule has 0 saturated carbocycles. The Morgan fingerprint density at radius 2 is 2.00 bits per heavy atom. The summed E-state index contributed by atoms with van der Waals surface area (Å²) in [6, 6.07) is 0.300. The number of hydrogen-bond donors (Lipinski definition) is 0. The minimum absolute atomic E-state index is 0.0574. The number of rotatable bonds is 1. The van der Waals surface area contributed by atoms with Crippen molar-refractivity contribution in [3.05, 3.63) is 28.3 Å². The van der Waals surface area contributed by atoms with E-state index in [0.29, 0.717) is 6.07 Å². The summed E-state index contributed by atoms with van der Waals surface area (Å²) in [7, 11) is 0. The van der Waals surface area contributed by atoms with Crippen molar-refractivity contribution in [1.29, 1.82) is 0 Å². The van der Waals surface area contributed by atoms with Crippen LogP contribution in [0.25, 0.3) is 0 Å². The average molecular weight is 228 g/mol. The number of carbonyl (C=O) groups is 1. The maximum atomic E-state index is 12.8. The Hall–Kier alpha value is -1.17. The van der Waals surface area contributed by atoms with Gasteiger partial charge in [-0.3, -0.25) is 4.79 Å². The summed E-state index contributed by atoms with van der Waals surface area (Å²) in [5, 5.41) is -0.970. The predicted molar refractivity (Wildman–Crippen MR) is 39.6 cm³/mol. The van der Waals surface area contributed by atoms with Crippen LogP contribution in [0.2, 0.25) is 5.15 Å². The fraction of sp³-hybridized carbons (Fsp3) is 0.143. The number of halogens is 5. The topological polar surface area (TPSA) is 30.0 Å². The molecule has 0 amide bonds.